The van der Waals surface area contributed by atoms with Crippen LogP contribution < -0.4 is 0 Å². The zero-order chi connectivity index (χ0) is 9.84. The Kier molecular flexibility index (Phi) is 3.52. The van der Waals surface area contributed by atoms with Gasteiger partial charge in [-0.05, 0) is 12.8 Å². The summed E-state index contributed by atoms with van der Waals surface area (Å²) in [4.78, 5) is 0. The highest BCUT2D eigenvalue weighted by Crippen LogP contribution is 2.27. The van der Waals surface area contributed by atoms with E-state index in [0.29, 0.717) is 11.8 Å². The Morgan fingerprint density at radius 2 is 2.15 bits per heavy atom. The predicted octanol–water partition coefficient (Wildman–Crippen LogP) is 3.52. The molecule has 0 amide bonds. The van der Waals surface area contributed by atoms with Crippen molar-refractivity contribution < 1.29 is 4.52 Å². The van der Waals surface area contributed by atoms with Crippen molar-refractivity contribution in [3.05, 3.63) is 17.5 Å². The molecule has 0 saturated carbocycles. The first kappa shape index (κ1) is 10.3. The zero-order valence-electron chi connectivity index (χ0n) is 9.00. The van der Waals surface area contributed by atoms with E-state index < -0.39 is 0 Å². The smallest absolute Gasteiger partial charge is 0.140 e. The molecule has 2 nitrogen and oxygen atoms in total. The van der Waals surface area contributed by atoms with Gasteiger partial charge >= 0.3 is 0 Å². The summed E-state index contributed by atoms with van der Waals surface area (Å²) in [6.45, 7) is 8.66. The first-order valence-electron chi connectivity index (χ1n) is 5.08. The first-order chi connectivity index (χ1) is 6.15. The lowest BCUT2D eigenvalue weighted by Crippen LogP contribution is -2.04. The standard InChI is InChI=1S/C11H19NO/c1-5-6-8(2)10(4)11-7-9(3)12-13-11/h7-8,10H,5-6H2,1-4H3. The van der Waals surface area contributed by atoms with Crippen molar-refractivity contribution in [2.24, 2.45) is 5.92 Å². The van der Waals surface area contributed by atoms with Crippen LogP contribution in [0.3, 0.4) is 0 Å². The van der Waals surface area contributed by atoms with Gasteiger partial charge in [0.2, 0.25) is 0 Å². The van der Waals surface area contributed by atoms with Gasteiger partial charge in [0.15, 0.2) is 0 Å². The Morgan fingerprint density at radius 1 is 1.46 bits per heavy atom. The lowest BCUT2D eigenvalue weighted by Gasteiger charge is -2.15. The summed E-state index contributed by atoms with van der Waals surface area (Å²) >= 11 is 0. The molecule has 2 heteroatoms. The Morgan fingerprint density at radius 3 is 2.62 bits per heavy atom. The van der Waals surface area contributed by atoms with Gasteiger partial charge in [-0.25, -0.2) is 0 Å². The van der Waals surface area contributed by atoms with Gasteiger partial charge in [0.05, 0.1) is 5.69 Å². The Balaban J connectivity index is 2.61. The second-order valence-electron chi connectivity index (χ2n) is 3.93. The van der Waals surface area contributed by atoms with E-state index in [4.69, 9.17) is 4.52 Å². The molecule has 0 N–H and O–H groups in total. The van der Waals surface area contributed by atoms with Crippen LogP contribution in [0.1, 0.15) is 51.0 Å². The fourth-order valence-corrected chi connectivity index (χ4v) is 1.58. The molecule has 0 aliphatic heterocycles. The van der Waals surface area contributed by atoms with E-state index in [9.17, 15) is 0 Å². The van der Waals surface area contributed by atoms with Crippen molar-refractivity contribution in [1.82, 2.24) is 5.16 Å². The average molecular weight is 181 g/mol. The summed E-state index contributed by atoms with van der Waals surface area (Å²) in [6, 6.07) is 2.04. The molecule has 1 aromatic heterocycles. The van der Waals surface area contributed by atoms with Gasteiger partial charge in [-0.15, -0.1) is 0 Å². The van der Waals surface area contributed by atoms with E-state index >= 15 is 0 Å². The monoisotopic (exact) mass is 181 g/mol. The summed E-state index contributed by atoms with van der Waals surface area (Å²) in [6.07, 6.45) is 2.49. The van der Waals surface area contributed by atoms with Gasteiger partial charge in [0.25, 0.3) is 0 Å². The lowest BCUT2D eigenvalue weighted by atomic mass is 9.90. The fourth-order valence-electron chi connectivity index (χ4n) is 1.58. The largest absolute Gasteiger partial charge is 0.361 e. The molecule has 0 bridgehead atoms. The van der Waals surface area contributed by atoms with Gasteiger partial charge in [0.1, 0.15) is 5.76 Å². The molecule has 0 aromatic carbocycles. The molecule has 74 valence electrons. The highest BCUT2D eigenvalue weighted by Gasteiger charge is 2.17. The molecule has 1 rings (SSSR count). The highest BCUT2D eigenvalue weighted by molar-refractivity contribution is 5.08. The van der Waals surface area contributed by atoms with Crippen LogP contribution in [0, 0.1) is 12.8 Å². The Hall–Kier alpha value is -0.790. The summed E-state index contributed by atoms with van der Waals surface area (Å²) in [5, 5.41) is 3.91. The zero-order valence-corrected chi connectivity index (χ0v) is 9.00. The molecule has 1 heterocycles. The number of rotatable bonds is 4. The highest BCUT2D eigenvalue weighted by atomic mass is 16.5. The van der Waals surface area contributed by atoms with Crippen LogP contribution in [-0.4, -0.2) is 5.16 Å². The summed E-state index contributed by atoms with van der Waals surface area (Å²) in [7, 11) is 0. The number of hydrogen-bond acceptors (Lipinski definition) is 2. The number of aryl methyl sites for hydroxylation is 1. The van der Waals surface area contributed by atoms with Gasteiger partial charge in [-0.3, -0.25) is 0 Å². The van der Waals surface area contributed by atoms with Crippen LogP contribution in [0.15, 0.2) is 10.6 Å². The van der Waals surface area contributed by atoms with Crippen LogP contribution in [0.2, 0.25) is 0 Å². The van der Waals surface area contributed by atoms with E-state index in [-0.39, 0.29) is 0 Å². The molecule has 0 aliphatic carbocycles. The van der Waals surface area contributed by atoms with Crippen LogP contribution >= 0.6 is 0 Å². The van der Waals surface area contributed by atoms with Crippen LogP contribution in [0.25, 0.3) is 0 Å². The molecule has 1 aromatic rings. The first-order valence-corrected chi connectivity index (χ1v) is 5.08. The SMILES string of the molecule is CCCC(C)C(C)c1cc(C)no1. The Labute approximate surface area is 80.3 Å². The minimum Gasteiger partial charge on any atom is -0.361 e. The molecule has 2 unspecified atom stereocenters. The van der Waals surface area contributed by atoms with Crippen molar-refractivity contribution in [3.63, 3.8) is 0 Å². The second-order valence-corrected chi connectivity index (χ2v) is 3.93. The van der Waals surface area contributed by atoms with Gasteiger partial charge in [0, 0.05) is 12.0 Å². The van der Waals surface area contributed by atoms with E-state index in [1.165, 1.54) is 12.8 Å². The third-order valence-corrected chi connectivity index (χ3v) is 2.69. The maximum absolute atomic E-state index is 5.24. The van der Waals surface area contributed by atoms with Gasteiger partial charge in [-0.1, -0.05) is 38.8 Å². The molecular weight excluding hydrogens is 162 g/mol. The van der Waals surface area contributed by atoms with Crippen molar-refractivity contribution >= 4 is 0 Å². The quantitative estimate of drug-likeness (QED) is 0.710. The maximum Gasteiger partial charge on any atom is 0.140 e. The van der Waals surface area contributed by atoms with Gasteiger partial charge in [-0.2, -0.15) is 0 Å². The van der Waals surface area contributed by atoms with E-state index in [1.54, 1.807) is 0 Å². The Bertz CT molecular complexity index is 254. The number of aromatic nitrogens is 1. The minimum absolute atomic E-state index is 0.487. The van der Waals surface area contributed by atoms with E-state index in [2.05, 4.69) is 25.9 Å². The topological polar surface area (TPSA) is 26.0 Å². The van der Waals surface area contributed by atoms with Crippen molar-refractivity contribution in [2.75, 3.05) is 0 Å². The number of nitrogens with zero attached hydrogens (tertiary/aromatic N) is 1. The van der Waals surface area contributed by atoms with Crippen LogP contribution in [-0.2, 0) is 0 Å². The number of hydrogen-bond donors (Lipinski definition) is 0. The summed E-state index contributed by atoms with van der Waals surface area (Å²) in [5.74, 6) is 2.19. The summed E-state index contributed by atoms with van der Waals surface area (Å²) < 4.78 is 5.24. The normalized spacial score (nSPS) is 15.7. The van der Waals surface area contributed by atoms with Crippen LogP contribution in [0.4, 0.5) is 0 Å². The molecule has 0 aliphatic rings. The molecule has 0 radical (unpaired) electrons. The maximum atomic E-state index is 5.24. The second kappa shape index (κ2) is 4.45. The predicted molar refractivity (Wildman–Crippen MR) is 53.7 cm³/mol. The summed E-state index contributed by atoms with van der Waals surface area (Å²) in [5.41, 5.74) is 0.977. The van der Waals surface area contributed by atoms with Crippen molar-refractivity contribution in [2.45, 2.75) is 46.5 Å². The third-order valence-electron chi connectivity index (χ3n) is 2.69. The van der Waals surface area contributed by atoms with E-state index in [1.807, 2.05) is 13.0 Å². The molecule has 0 saturated heterocycles. The molecule has 2 atom stereocenters. The minimum atomic E-state index is 0.487. The van der Waals surface area contributed by atoms with Crippen LogP contribution in [0.5, 0.6) is 0 Å². The lowest BCUT2D eigenvalue weighted by molar-refractivity contribution is 0.320. The van der Waals surface area contributed by atoms with Crippen molar-refractivity contribution in [1.29, 1.82) is 0 Å². The molecule has 0 spiro atoms. The molecule has 13 heavy (non-hydrogen) atoms. The average Bonchev–Trinajstić information content (AvgIpc) is 2.51. The molecule has 0 fully saturated rings. The fraction of sp³-hybridized carbons (Fsp3) is 0.727. The molecular formula is C11H19NO. The third kappa shape index (κ3) is 2.58. The van der Waals surface area contributed by atoms with E-state index in [0.717, 1.165) is 11.5 Å². The van der Waals surface area contributed by atoms with Gasteiger partial charge < -0.3 is 4.52 Å². The van der Waals surface area contributed by atoms with Crippen molar-refractivity contribution in [3.8, 4) is 0 Å².